The molecule has 3 aromatic rings. The van der Waals surface area contributed by atoms with Crippen LogP contribution in [-0.2, 0) is 6.42 Å². The van der Waals surface area contributed by atoms with Gasteiger partial charge in [-0.25, -0.2) is 4.98 Å². The third-order valence-electron chi connectivity index (χ3n) is 4.37. The number of hydrogen-bond donors (Lipinski definition) is 1. The van der Waals surface area contributed by atoms with Crippen molar-refractivity contribution in [3.8, 4) is 6.07 Å². The molecule has 0 bridgehead atoms. The van der Waals surface area contributed by atoms with Crippen molar-refractivity contribution in [3.63, 3.8) is 0 Å². The highest BCUT2D eigenvalue weighted by molar-refractivity contribution is 7.18. The summed E-state index contributed by atoms with van der Waals surface area (Å²) in [5.74, 6) is 0.905. The molecule has 0 aromatic carbocycles. The van der Waals surface area contributed by atoms with Gasteiger partial charge >= 0.3 is 0 Å². The van der Waals surface area contributed by atoms with E-state index in [-0.39, 0.29) is 0 Å². The number of nitrogens with zero attached hydrogens (tertiary/aromatic N) is 4. The van der Waals surface area contributed by atoms with Gasteiger partial charge in [0.25, 0.3) is 0 Å². The molecule has 3 heterocycles. The van der Waals surface area contributed by atoms with Gasteiger partial charge in [-0.1, -0.05) is 19.3 Å². The lowest BCUT2D eigenvalue weighted by Gasteiger charge is -2.25. The molecule has 1 aliphatic carbocycles. The Morgan fingerprint density at radius 3 is 2.83 bits per heavy atom. The first kappa shape index (κ1) is 15.9. The molecule has 0 radical (unpaired) electrons. The molecule has 2 N–H and O–H groups in total. The maximum absolute atomic E-state index is 9.12. The van der Waals surface area contributed by atoms with E-state index in [9.17, 15) is 0 Å². The van der Waals surface area contributed by atoms with E-state index in [2.05, 4.69) is 32.8 Å². The zero-order valence-electron chi connectivity index (χ0n) is 13.3. The van der Waals surface area contributed by atoms with E-state index in [1.54, 1.807) is 11.3 Å². The van der Waals surface area contributed by atoms with Crippen molar-refractivity contribution in [1.29, 1.82) is 5.26 Å². The van der Waals surface area contributed by atoms with Crippen molar-refractivity contribution in [1.82, 2.24) is 14.5 Å². The number of pyridine rings is 1. The molecule has 0 spiro atoms. The highest BCUT2D eigenvalue weighted by Crippen LogP contribution is 2.36. The first-order valence-electron chi connectivity index (χ1n) is 8.06. The second-order valence-corrected chi connectivity index (χ2v) is 6.57. The summed E-state index contributed by atoms with van der Waals surface area (Å²) in [6.45, 7) is 0. The van der Waals surface area contributed by atoms with Gasteiger partial charge in [-0.15, -0.1) is 11.3 Å². The van der Waals surface area contributed by atoms with Crippen LogP contribution < -0.4 is 5.73 Å². The van der Waals surface area contributed by atoms with Crippen molar-refractivity contribution < 1.29 is 0 Å². The van der Waals surface area contributed by atoms with E-state index in [1.165, 1.54) is 49.4 Å². The topological polar surface area (TPSA) is 80.5 Å². The van der Waals surface area contributed by atoms with E-state index >= 15 is 0 Å². The first-order chi connectivity index (χ1) is 11.4. The molecule has 3 aromatic heterocycles. The highest BCUT2D eigenvalue weighted by Gasteiger charge is 2.23. The van der Waals surface area contributed by atoms with Crippen LogP contribution in [0.15, 0.2) is 17.6 Å². The number of imidazole rings is 1. The Balaban J connectivity index is 0.000000753. The third kappa shape index (κ3) is 2.82. The summed E-state index contributed by atoms with van der Waals surface area (Å²) in [4.78, 5) is 9.17. The SMILES string of the molecule is CN.N#CCc1nc2cnc3ccsc3c2n1C1CCCCC1. The van der Waals surface area contributed by atoms with Crippen LogP contribution in [0.2, 0.25) is 0 Å². The first-order valence-corrected chi connectivity index (χ1v) is 8.94. The maximum Gasteiger partial charge on any atom is 0.124 e. The van der Waals surface area contributed by atoms with Gasteiger partial charge in [0, 0.05) is 6.04 Å². The predicted molar refractivity (Wildman–Crippen MR) is 94.5 cm³/mol. The van der Waals surface area contributed by atoms with Crippen molar-refractivity contribution in [2.24, 2.45) is 5.73 Å². The Bertz CT molecular complexity index is 836. The average Bonchev–Trinajstić information content (AvgIpc) is 3.21. The zero-order valence-corrected chi connectivity index (χ0v) is 14.1. The second-order valence-electron chi connectivity index (χ2n) is 5.65. The molecule has 0 amide bonds. The minimum atomic E-state index is 0.373. The number of fused-ring (bicyclic) bond motifs is 3. The van der Waals surface area contributed by atoms with E-state index in [0.717, 1.165) is 16.9 Å². The van der Waals surface area contributed by atoms with Gasteiger partial charge in [-0.05, 0) is 31.3 Å². The molecule has 0 aliphatic heterocycles. The summed E-state index contributed by atoms with van der Waals surface area (Å²) in [5, 5.41) is 11.2. The number of thiophene rings is 1. The molecule has 0 atom stereocenters. The molecule has 120 valence electrons. The maximum atomic E-state index is 9.12. The van der Waals surface area contributed by atoms with Crippen molar-refractivity contribution in [2.45, 2.75) is 44.6 Å². The fraction of sp³-hybridized carbons (Fsp3) is 0.471. The van der Waals surface area contributed by atoms with E-state index in [0.29, 0.717) is 12.5 Å². The van der Waals surface area contributed by atoms with Gasteiger partial charge in [0.2, 0.25) is 0 Å². The second kappa shape index (κ2) is 7.07. The number of nitriles is 1. The van der Waals surface area contributed by atoms with E-state index in [1.807, 2.05) is 6.20 Å². The van der Waals surface area contributed by atoms with Crippen LogP contribution in [0, 0.1) is 11.3 Å². The minimum absolute atomic E-state index is 0.373. The van der Waals surface area contributed by atoms with E-state index in [4.69, 9.17) is 10.2 Å². The standard InChI is InChI=1S/C16H16N4S.CH5N/c17-8-6-14-19-13-10-18-12-7-9-21-16(12)15(13)20(14)11-4-2-1-3-5-11;1-2/h7,9-11H,1-6H2;2H2,1H3. The summed E-state index contributed by atoms with van der Waals surface area (Å²) in [6, 6.07) is 4.81. The summed E-state index contributed by atoms with van der Waals surface area (Å²) >= 11 is 1.72. The van der Waals surface area contributed by atoms with Gasteiger partial charge in [0.15, 0.2) is 0 Å². The van der Waals surface area contributed by atoms with Crippen LogP contribution in [0.25, 0.3) is 21.3 Å². The molecule has 1 aliphatic rings. The third-order valence-corrected chi connectivity index (χ3v) is 5.28. The lowest BCUT2D eigenvalue weighted by molar-refractivity contribution is 0.354. The monoisotopic (exact) mass is 327 g/mol. The van der Waals surface area contributed by atoms with Crippen LogP contribution in [0.4, 0.5) is 0 Å². The van der Waals surface area contributed by atoms with Gasteiger partial charge in [0.1, 0.15) is 11.3 Å². The molecule has 23 heavy (non-hydrogen) atoms. The fourth-order valence-corrected chi connectivity index (χ4v) is 4.34. The smallest absolute Gasteiger partial charge is 0.124 e. The van der Waals surface area contributed by atoms with Crippen LogP contribution in [0.1, 0.15) is 44.0 Å². The summed E-state index contributed by atoms with van der Waals surface area (Å²) in [7, 11) is 1.50. The number of aromatic nitrogens is 3. The Morgan fingerprint density at radius 2 is 2.09 bits per heavy atom. The molecule has 4 rings (SSSR count). The summed E-state index contributed by atoms with van der Waals surface area (Å²) < 4.78 is 3.55. The normalized spacial score (nSPS) is 15.3. The van der Waals surface area contributed by atoms with Crippen LogP contribution in [0.5, 0.6) is 0 Å². The Hall–Kier alpha value is -1.97. The Labute approximate surface area is 139 Å². The van der Waals surface area contributed by atoms with Crippen LogP contribution in [0.3, 0.4) is 0 Å². The molecule has 0 unspecified atom stereocenters. The fourth-order valence-electron chi connectivity index (χ4n) is 3.45. The minimum Gasteiger partial charge on any atom is -0.333 e. The molecular weight excluding hydrogens is 306 g/mol. The van der Waals surface area contributed by atoms with Crippen molar-refractivity contribution >= 4 is 32.6 Å². The number of hydrogen-bond acceptors (Lipinski definition) is 5. The highest BCUT2D eigenvalue weighted by atomic mass is 32.1. The lowest BCUT2D eigenvalue weighted by Crippen LogP contribution is -2.15. The largest absolute Gasteiger partial charge is 0.333 e. The number of nitrogens with two attached hydrogens (primary N) is 1. The summed E-state index contributed by atoms with van der Waals surface area (Å²) in [5.41, 5.74) is 7.65. The van der Waals surface area contributed by atoms with Crippen molar-refractivity contribution in [3.05, 3.63) is 23.5 Å². The average molecular weight is 327 g/mol. The van der Waals surface area contributed by atoms with Gasteiger partial charge in [-0.2, -0.15) is 5.26 Å². The van der Waals surface area contributed by atoms with Crippen LogP contribution in [-0.4, -0.2) is 21.6 Å². The molecular formula is C17H21N5S. The molecule has 5 nitrogen and oxygen atoms in total. The lowest BCUT2D eigenvalue weighted by atomic mass is 9.95. The molecule has 1 fully saturated rings. The van der Waals surface area contributed by atoms with Crippen molar-refractivity contribution in [2.75, 3.05) is 7.05 Å². The van der Waals surface area contributed by atoms with Gasteiger partial charge in [0.05, 0.1) is 34.4 Å². The summed E-state index contributed by atoms with van der Waals surface area (Å²) in [6.07, 6.45) is 8.48. The van der Waals surface area contributed by atoms with Gasteiger partial charge < -0.3 is 10.3 Å². The Kier molecular flexibility index (Phi) is 4.89. The molecule has 1 saturated carbocycles. The van der Waals surface area contributed by atoms with Crippen LogP contribution >= 0.6 is 11.3 Å². The zero-order chi connectivity index (χ0) is 16.2. The molecule has 0 saturated heterocycles. The quantitative estimate of drug-likeness (QED) is 0.776. The number of rotatable bonds is 2. The Morgan fingerprint density at radius 1 is 1.30 bits per heavy atom. The molecule has 6 heteroatoms. The van der Waals surface area contributed by atoms with E-state index < -0.39 is 0 Å². The van der Waals surface area contributed by atoms with Gasteiger partial charge in [-0.3, -0.25) is 4.98 Å². The predicted octanol–water partition coefficient (Wildman–Crippen LogP) is 3.79.